The van der Waals surface area contributed by atoms with Gasteiger partial charge in [-0.25, -0.2) is 0 Å². The highest BCUT2D eigenvalue weighted by molar-refractivity contribution is 5.87. The van der Waals surface area contributed by atoms with E-state index in [9.17, 15) is 14.4 Å². The summed E-state index contributed by atoms with van der Waals surface area (Å²) >= 11 is 0. The fourth-order valence-electron chi connectivity index (χ4n) is 2.36. The summed E-state index contributed by atoms with van der Waals surface area (Å²) in [6, 6.07) is 0. The number of aliphatic hydroxyl groups excluding tert-OH is 1. The van der Waals surface area contributed by atoms with Gasteiger partial charge in [-0.05, 0) is 24.7 Å². The highest BCUT2D eigenvalue weighted by atomic mass is 16.3. The summed E-state index contributed by atoms with van der Waals surface area (Å²) in [6.45, 7) is 7.75. The summed E-state index contributed by atoms with van der Waals surface area (Å²) in [5, 5.41) is 11.3. The molecule has 4 atom stereocenters. The van der Waals surface area contributed by atoms with Crippen molar-refractivity contribution in [3.05, 3.63) is 0 Å². The molecular formula is C14H26N2O4. The van der Waals surface area contributed by atoms with Gasteiger partial charge in [-0.1, -0.05) is 27.7 Å². The smallest absolute Gasteiger partial charge is 0.226 e. The molecule has 0 fully saturated rings. The second-order valence-corrected chi connectivity index (χ2v) is 5.86. The maximum atomic E-state index is 12.0. The molecule has 0 bridgehead atoms. The van der Waals surface area contributed by atoms with E-state index in [1.807, 2.05) is 6.92 Å². The molecule has 2 amide bonds. The molecule has 0 rings (SSSR count). The Balaban J connectivity index is 4.85. The van der Waals surface area contributed by atoms with Crippen LogP contribution in [0.25, 0.3) is 0 Å². The van der Waals surface area contributed by atoms with Crippen molar-refractivity contribution < 1.29 is 19.5 Å². The molecule has 0 saturated heterocycles. The Morgan fingerprint density at radius 2 is 1.75 bits per heavy atom. The second-order valence-electron chi connectivity index (χ2n) is 5.86. The third-order valence-electron chi connectivity index (χ3n) is 3.34. The predicted octanol–water partition coefficient (Wildman–Crippen LogP) is 0.430. The molecule has 0 aliphatic rings. The van der Waals surface area contributed by atoms with E-state index in [0.717, 1.165) is 6.42 Å². The van der Waals surface area contributed by atoms with Crippen molar-refractivity contribution in [2.24, 2.45) is 29.4 Å². The molecular weight excluding hydrogens is 260 g/mol. The lowest BCUT2D eigenvalue weighted by Crippen LogP contribution is -2.44. The Bertz CT molecular complexity index is 344. The molecule has 116 valence electrons. The first-order valence-electron chi connectivity index (χ1n) is 6.92. The lowest BCUT2D eigenvalue weighted by Gasteiger charge is -2.25. The topological polar surface area (TPSA) is 109 Å². The summed E-state index contributed by atoms with van der Waals surface area (Å²) in [6.07, 6.45) is 0.0811. The number of aliphatic hydroxyl groups is 1. The molecule has 0 saturated carbocycles. The van der Waals surface area contributed by atoms with Gasteiger partial charge in [0.25, 0.3) is 0 Å². The first-order valence-corrected chi connectivity index (χ1v) is 6.92. The van der Waals surface area contributed by atoms with E-state index >= 15 is 0 Å². The highest BCUT2D eigenvalue weighted by Gasteiger charge is 2.31. The Hall–Kier alpha value is -1.43. The van der Waals surface area contributed by atoms with Crippen LogP contribution in [-0.2, 0) is 14.4 Å². The standard InChI is InChI=1S/C14H26N2O4/c1-8(2)5-9(3)6-11(10(4)13(15)19)14(20)16-12(18)7-17/h7-12,18H,5-6H2,1-4H3,(H2,15,19)(H,16,20). The number of nitrogens with two attached hydrogens (primary N) is 1. The third kappa shape index (κ3) is 6.65. The van der Waals surface area contributed by atoms with Crippen LogP contribution in [0.5, 0.6) is 0 Å². The maximum Gasteiger partial charge on any atom is 0.226 e. The van der Waals surface area contributed by atoms with Crippen LogP contribution in [0.1, 0.15) is 40.5 Å². The van der Waals surface area contributed by atoms with Gasteiger partial charge >= 0.3 is 0 Å². The van der Waals surface area contributed by atoms with Gasteiger partial charge in [0, 0.05) is 11.8 Å². The van der Waals surface area contributed by atoms with Gasteiger partial charge in [0.1, 0.15) is 0 Å². The zero-order valence-corrected chi connectivity index (χ0v) is 12.6. The van der Waals surface area contributed by atoms with Crippen LogP contribution in [0.15, 0.2) is 0 Å². The fourth-order valence-corrected chi connectivity index (χ4v) is 2.36. The Kier molecular flexibility index (Phi) is 8.06. The first kappa shape index (κ1) is 18.6. The van der Waals surface area contributed by atoms with Crippen LogP contribution in [0.2, 0.25) is 0 Å². The minimum atomic E-state index is -1.55. The number of amides is 2. The van der Waals surface area contributed by atoms with Gasteiger partial charge in [0.15, 0.2) is 12.5 Å². The van der Waals surface area contributed by atoms with Crippen molar-refractivity contribution in [1.29, 1.82) is 0 Å². The molecule has 4 unspecified atom stereocenters. The number of aldehydes is 1. The molecule has 20 heavy (non-hydrogen) atoms. The molecule has 0 radical (unpaired) electrons. The SMILES string of the molecule is CC(C)CC(C)CC(C(=O)NC(O)C=O)C(C)C(N)=O. The predicted molar refractivity (Wildman–Crippen MR) is 75.3 cm³/mol. The van der Waals surface area contributed by atoms with Crippen LogP contribution >= 0.6 is 0 Å². The summed E-state index contributed by atoms with van der Waals surface area (Å²) < 4.78 is 0. The summed E-state index contributed by atoms with van der Waals surface area (Å²) in [5.41, 5.74) is 5.26. The first-order chi connectivity index (χ1) is 9.18. The number of primary amides is 1. The molecule has 0 aromatic heterocycles. The van der Waals surface area contributed by atoms with Crippen LogP contribution in [-0.4, -0.2) is 29.4 Å². The summed E-state index contributed by atoms with van der Waals surface area (Å²) in [5.74, 6) is -1.66. The van der Waals surface area contributed by atoms with Crippen LogP contribution in [0.4, 0.5) is 0 Å². The average molecular weight is 286 g/mol. The number of carbonyl (C=O) groups is 3. The van der Waals surface area contributed by atoms with E-state index in [0.29, 0.717) is 12.3 Å². The van der Waals surface area contributed by atoms with Crippen molar-refractivity contribution in [2.75, 3.05) is 0 Å². The van der Waals surface area contributed by atoms with E-state index in [1.165, 1.54) is 0 Å². The van der Waals surface area contributed by atoms with E-state index in [4.69, 9.17) is 10.8 Å². The Morgan fingerprint density at radius 1 is 1.20 bits per heavy atom. The minimum absolute atomic E-state index is 0.224. The molecule has 4 N–H and O–H groups in total. The zero-order chi connectivity index (χ0) is 15.9. The fraction of sp³-hybridized carbons (Fsp3) is 0.786. The number of hydrogen-bond donors (Lipinski definition) is 3. The monoisotopic (exact) mass is 286 g/mol. The van der Waals surface area contributed by atoms with Crippen molar-refractivity contribution in [3.8, 4) is 0 Å². The average Bonchev–Trinajstić information content (AvgIpc) is 2.33. The van der Waals surface area contributed by atoms with Crippen LogP contribution < -0.4 is 11.1 Å². The van der Waals surface area contributed by atoms with Gasteiger partial charge in [-0.2, -0.15) is 0 Å². The number of carbonyl (C=O) groups excluding carboxylic acids is 3. The van der Waals surface area contributed by atoms with Crippen LogP contribution in [0.3, 0.4) is 0 Å². The second kappa shape index (κ2) is 8.68. The van der Waals surface area contributed by atoms with Crippen molar-refractivity contribution in [1.82, 2.24) is 5.32 Å². The normalized spacial score (nSPS) is 17.1. The van der Waals surface area contributed by atoms with Gasteiger partial charge in [0.2, 0.25) is 11.8 Å². The van der Waals surface area contributed by atoms with Crippen molar-refractivity contribution >= 4 is 18.1 Å². The molecule has 0 spiro atoms. The molecule has 0 aromatic carbocycles. The van der Waals surface area contributed by atoms with Crippen molar-refractivity contribution in [2.45, 2.75) is 46.8 Å². The minimum Gasteiger partial charge on any atom is -0.369 e. The highest BCUT2D eigenvalue weighted by Crippen LogP contribution is 2.25. The van der Waals surface area contributed by atoms with Gasteiger partial charge in [-0.3, -0.25) is 14.4 Å². The third-order valence-corrected chi connectivity index (χ3v) is 3.34. The maximum absolute atomic E-state index is 12.0. The zero-order valence-electron chi connectivity index (χ0n) is 12.6. The summed E-state index contributed by atoms with van der Waals surface area (Å²) in [4.78, 5) is 33.7. The van der Waals surface area contributed by atoms with Crippen LogP contribution in [0, 0.1) is 23.7 Å². The largest absolute Gasteiger partial charge is 0.369 e. The molecule has 0 heterocycles. The van der Waals surface area contributed by atoms with Gasteiger partial charge in [-0.15, -0.1) is 0 Å². The molecule has 6 nitrogen and oxygen atoms in total. The number of hydrogen-bond acceptors (Lipinski definition) is 4. The lowest BCUT2D eigenvalue weighted by atomic mass is 9.82. The Labute approximate surface area is 120 Å². The van der Waals surface area contributed by atoms with Crippen molar-refractivity contribution in [3.63, 3.8) is 0 Å². The quantitative estimate of drug-likeness (QED) is 0.421. The van der Waals surface area contributed by atoms with E-state index in [1.54, 1.807) is 6.92 Å². The molecule has 0 aliphatic carbocycles. The van der Waals surface area contributed by atoms with E-state index in [-0.39, 0.29) is 12.2 Å². The van der Waals surface area contributed by atoms with E-state index in [2.05, 4.69) is 19.2 Å². The molecule has 0 aromatic rings. The van der Waals surface area contributed by atoms with Gasteiger partial charge in [0.05, 0.1) is 0 Å². The van der Waals surface area contributed by atoms with Gasteiger partial charge < -0.3 is 16.2 Å². The summed E-state index contributed by atoms with van der Waals surface area (Å²) in [7, 11) is 0. The Morgan fingerprint density at radius 3 is 2.15 bits per heavy atom. The van der Waals surface area contributed by atoms with E-state index < -0.39 is 29.9 Å². The number of nitrogens with one attached hydrogen (secondary N) is 1. The molecule has 0 aliphatic heterocycles. The lowest BCUT2D eigenvalue weighted by molar-refractivity contribution is -0.137. The number of rotatable bonds is 9. The molecule has 6 heteroatoms.